The number of aromatic amines is 1. The van der Waals surface area contributed by atoms with Crippen LogP contribution in [0.5, 0.6) is 0 Å². The second-order valence-electron chi connectivity index (χ2n) is 7.40. The number of rotatable bonds is 4. The maximum absolute atomic E-state index is 13.3. The van der Waals surface area contributed by atoms with E-state index in [0.29, 0.717) is 5.82 Å². The lowest BCUT2D eigenvalue weighted by Gasteiger charge is -2.34. The number of ether oxygens (including phenoxy) is 2. The van der Waals surface area contributed by atoms with Gasteiger partial charge in [0.15, 0.2) is 5.82 Å². The monoisotopic (exact) mass is 374 g/mol. The van der Waals surface area contributed by atoms with Gasteiger partial charge in [0.2, 0.25) is 12.2 Å². The molecule has 27 heavy (non-hydrogen) atoms. The summed E-state index contributed by atoms with van der Waals surface area (Å²) in [6.07, 6.45) is 1.53. The van der Waals surface area contributed by atoms with E-state index in [1.54, 1.807) is 19.1 Å². The molecule has 2 aromatic rings. The summed E-state index contributed by atoms with van der Waals surface area (Å²) in [7, 11) is 0. The summed E-state index contributed by atoms with van der Waals surface area (Å²) in [6, 6.07) is 6.26. The molecule has 0 bridgehead atoms. The number of amides is 1. The molecule has 0 atom stereocenters. The Morgan fingerprint density at radius 2 is 1.89 bits per heavy atom. The van der Waals surface area contributed by atoms with E-state index in [9.17, 15) is 9.18 Å². The summed E-state index contributed by atoms with van der Waals surface area (Å²) in [5, 5.41) is 0. The van der Waals surface area contributed by atoms with Gasteiger partial charge in [0.05, 0.1) is 18.6 Å². The average Bonchev–Trinajstić information content (AvgIpc) is 3.32. The van der Waals surface area contributed by atoms with Crippen LogP contribution >= 0.6 is 0 Å². The minimum absolute atomic E-state index is 0.165. The van der Waals surface area contributed by atoms with Gasteiger partial charge in [-0.25, -0.2) is 9.37 Å². The Bertz CT molecular complexity index is 822. The number of anilines is 1. The highest BCUT2D eigenvalue weighted by atomic mass is 19.1. The number of carbonyl (C=O) groups is 1. The molecule has 2 fully saturated rings. The Morgan fingerprint density at radius 1 is 1.26 bits per heavy atom. The van der Waals surface area contributed by atoms with Crippen molar-refractivity contribution in [3.05, 3.63) is 35.9 Å². The first-order valence-corrected chi connectivity index (χ1v) is 9.10. The Labute approximate surface area is 156 Å². The van der Waals surface area contributed by atoms with Crippen molar-refractivity contribution in [3.8, 4) is 11.3 Å². The van der Waals surface area contributed by atoms with E-state index in [0.717, 1.165) is 43.0 Å². The molecule has 2 saturated heterocycles. The van der Waals surface area contributed by atoms with Crippen molar-refractivity contribution in [1.29, 1.82) is 0 Å². The molecule has 1 aromatic heterocycles. The zero-order chi connectivity index (χ0) is 19.0. The third kappa shape index (κ3) is 3.42. The van der Waals surface area contributed by atoms with Gasteiger partial charge in [-0.3, -0.25) is 4.79 Å². The molecule has 3 heterocycles. The fourth-order valence-corrected chi connectivity index (χ4v) is 3.38. The third-order valence-electron chi connectivity index (χ3n) is 5.17. The maximum Gasteiger partial charge on any atom is 0.228 e. The summed E-state index contributed by atoms with van der Waals surface area (Å²) in [6.45, 7) is 3.91. The summed E-state index contributed by atoms with van der Waals surface area (Å²) in [5.41, 5.74) is 6.13. The molecule has 0 saturated carbocycles. The number of aromatic nitrogens is 2. The molecule has 1 aromatic carbocycles. The highest BCUT2D eigenvalue weighted by Gasteiger charge is 2.39. The van der Waals surface area contributed by atoms with Gasteiger partial charge in [0, 0.05) is 18.7 Å². The van der Waals surface area contributed by atoms with Crippen molar-refractivity contribution in [2.24, 2.45) is 11.1 Å². The Kier molecular flexibility index (Phi) is 4.61. The highest BCUT2D eigenvalue weighted by Crippen LogP contribution is 2.36. The molecule has 0 radical (unpaired) electrons. The lowest BCUT2D eigenvalue weighted by Crippen LogP contribution is -2.46. The molecule has 0 aliphatic carbocycles. The zero-order valence-electron chi connectivity index (χ0n) is 15.2. The SMILES string of the molecule is CC1(C(N)=O)COC(c2nc(-c3ccc(F)cc3)c(N3CCCC3)[nH]2)OC1. The zero-order valence-corrected chi connectivity index (χ0v) is 15.2. The fourth-order valence-electron chi connectivity index (χ4n) is 3.38. The number of carbonyl (C=O) groups excluding carboxylic acids is 1. The topological polar surface area (TPSA) is 93.5 Å². The number of hydrogen-bond acceptors (Lipinski definition) is 5. The normalized spacial score (nSPS) is 25.7. The van der Waals surface area contributed by atoms with Gasteiger partial charge >= 0.3 is 0 Å². The molecule has 7 nitrogen and oxygen atoms in total. The number of nitrogens with two attached hydrogens (primary N) is 1. The second-order valence-corrected chi connectivity index (χ2v) is 7.40. The molecule has 3 N–H and O–H groups in total. The van der Waals surface area contributed by atoms with Crippen LogP contribution in [0.25, 0.3) is 11.3 Å². The van der Waals surface area contributed by atoms with Gasteiger partial charge in [-0.1, -0.05) is 0 Å². The predicted molar refractivity (Wildman–Crippen MR) is 97.4 cm³/mol. The summed E-state index contributed by atoms with van der Waals surface area (Å²) in [5.74, 6) is 0.666. The highest BCUT2D eigenvalue weighted by molar-refractivity contribution is 5.80. The first-order chi connectivity index (χ1) is 13.0. The van der Waals surface area contributed by atoms with Crippen LogP contribution in [0, 0.1) is 11.2 Å². The van der Waals surface area contributed by atoms with Crippen LogP contribution in [-0.2, 0) is 14.3 Å². The van der Waals surface area contributed by atoms with Gasteiger partial charge in [-0.2, -0.15) is 0 Å². The van der Waals surface area contributed by atoms with Crippen molar-refractivity contribution in [2.75, 3.05) is 31.2 Å². The quantitative estimate of drug-likeness (QED) is 0.857. The molecular formula is C19H23FN4O3. The summed E-state index contributed by atoms with van der Waals surface area (Å²) < 4.78 is 24.8. The number of H-pyrrole nitrogens is 1. The minimum Gasteiger partial charge on any atom is -0.369 e. The van der Waals surface area contributed by atoms with Crippen LogP contribution in [-0.4, -0.2) is 42.2 Å². The summed E-state index contributed by atoms with van der Waals surface area (Å²) >= 11 is 0. The molecule has 4 rings (SSSR count). The van der Waals surface area contributed by atoms with Crippen molar-refractivity contribution in [1.82, 2.24) is 9.97 Å². The number of nitrogens with zero attached hydrogens (tertiary/aromatic N) is 2. The number of imidazole rings is 1. The van der Waals surface area contributed by atoms with Gasteiger partial charge in [0.25, 0.3) is 0 Å². The van der Waals surface area contributed by atoms with Crippen LogP contribution < -0.4 is 10.6 Å². The van der Waals surface area contributed by atoms with Gasteiger partial charge in [0.1, 0.15) is 17.3 Å². The molecule has 2 aliphatic heterocycles. The van der Waals surface area contributed by atoms with E-state index >= 15 is 0 Å². The molecule has 144 valence electrons. The van der Waals surface area contributed by atoms with Crippen LogP contribution in [0.2, 0.25) is 0 Å². The average molecular weight is 374 g/mol. The lowest BCUT2D eigenvalue weighted by atomic mass is 9.91. The van der Waals surface area contributed by atoms with E-state index in [1.165, 1.54) is 12.1 Å². The fraction of sp³-hybridized carbons (Fsp3) is 0.474. The van der Waals surface area contributed by atoms with Crippen LogP contribution in [0.1, 0.15) is 31.9 Å². The predicted octanol–water partition coefficient (Wildman–Crippen LogP) is 2.35. The number of benzene rings is 1. The minimum atomic E-state index is -0.847. The van der Waals surface area contributed by atoms with Gasteiger partial charge in [-0.15, -0.1) is 0 Å². The van der Waals surface area contributed by atoms with Crippen molar-refractivity contribution >= 4 is 11.7 Å². The van der Waals surface area contributed by atoms with Gasteiger partial charge < -0.3 is 25.1 Å². The van der Waals surface area contributed by atoms with Gasteiger partial charge in [-0.05, 0) is 44.0 Å². The van der Waals surface area contributed by atoms with Crippen LogP contribution in [0.4, 0.5) is 10.2 Å². The van der Waals surface area contributed by atoms with E-state index in [4.69, 9.17) is 15.2 Å². The molecule has 0 unspecified atom stereocenters. The first kappa shape index (κ1) is 17.9. The molecule has 1 amide bonds. The first-order valence-electron chi connectivity index (χ1n) is 9.10. The molecule has 0 spiro atoms. The Morgan fingerprint density at radius 3 is 2.48 bits per heavy atom. The third-order valence-corrected chi connectivity index (χ3v) is 5.17. The van der Waals surface area contributed by atoms with Crippen molar-refractivity contribution in [3.63, 3.8) is 0 Å². The number of halogens is 1. The van der Waals surface area contributed by atoms with E-state index < -0.39 is 17.6 Å². The Balaban J connectivity index is 1.63. The van der Waals surface area contributed by atoms with Crippen molar-refractivity contribution < 1.29 is 18.7 Å². The molecule has 8 heteroatoms. The van der Waals surface area contributed by atoms with Crippen LogP contribution in [0.15, 0.2) is 24.3 Å². The molecular weight excluding hydrogens is 351 g/mol. The van der Waals surface area contributed by atoms with Crippen LogP contribution in [0.3, 0.4) is 0 Å². The smallest absolute Gasteiger partial charge is 0.228 e. The molecule has 2 aliphatic rings. The lowest BCUT2D eigenvalue weighted by molar-refractivity contribution is -0.230. The number of nitrogens with one attached hydrogen (secondary N) is 1. The Hall–Kier alpha value is -2.45. The second kappa shape index (κ2) is 6.94. The van der Waals surface area contributed by atoms with Crippen molar-refractivity contribution in [2.45, 2.75) is 26.1 Å². The largest absolute Gasteiger partial charge is 0.369 e. The number of primary amides is 1. The van der Waals surface area contributed by atoms with E-state index in [2.05, 4.69) is 14.9 Å². The van der Waals surface area contributed by atoms with E-state index in [1.807, 2.05) is 0 Å². The standard InChI is InChI=1S/C19H23FN4O3/c1-19(18(21)25)10-26-17(27-11-19)15-22-14(12-4-6-13(20)7-5-12)16(23-15)24-8-2-3-9-24/h4-7,17H,2-3,8-11H2,1H3,(H2,21,25)(H,22,23). The summed E-state index contributed by atoms with van der Waals surface area (Å²) in [4.78, 5) is 21.8. The van der Waals surface area contributed by atoms with E-state index in [-0.39, 0.29) is 19.0 Å². The maximum atomic E-state index is 13.3. The number of hydrogen-bond donors (Lipinski definition) is 2.